The predicted octanol–water partition coefficient (Wildman–Crippen LogP) is 3.33. The highest BCUT2D eigenvalue weighted by Crippen LogP contribution is 2.23. The molecule has 2 heterocycles. The number of aromatic nitrogens is 4. The van der Waals surface area contributed by atoms with Gasteiger partial charge in [0.25, 0.3) is 0 Å². The van der Waals surface area contributed by atoms with Crippen LogP contribution in [0.2, 0.25) is 5.02 Å². The average Bonchev–Trinajstić information content (AvgIpc) is 2.88. The van der Waals surface area contributed by atoms with Crippen LogP contribution in [0.1, 0.15) is 0 Å². The summed E-state index contributed by atoms with van der Waals surface area (Å²) in [6.07, 6.45) is 3.16. The summed E-state index contributed by atoms with van der Waals surface area (Å²) in [6.45, 7) is 0. The van der Waals surface area contributed by atoms with Gasteiger partial charge in [0.15, 0.2) is 11.6 Å². The second kappa shape index (κ2) is 5.22. The monoisotopic (exact) mass is 349 g/mol. The van der Waals surface area contributed by atoms with Crippen molar-refractivity contribution >= 4 is 33.2 Å². The standard InChI is InChI=1S/C13H9BrClN5/c14-11-5-9(15)6-17-13(11)20-7-18-12(19-20)8-2-1-3-10(16)4-8/h1-7H,16H2. The van der Waals surface area contributed by atoms with Crippen LogP contribution in [0.4, 0.5) is 5.69 Å². The number of nitrogen functional groups attached to an aromatic ring is 1. The first kappa shape index (κ1) is 13.1. The average molecular weight is 351 g/mol. The van der Waals surface area contributed by atoms with Crippen LogP contribution in [-0.2, 0) is 0 Å². The highest BCUT2D eigenvalue weighted by atomic mass is 79.9. The largest absolute Gasteiger partial charge is 0.399 e. The van der Waals surface area contributed by atoms with Gasteiger partial charge in [-0.05, 0) is 34.1 Å². The zero-order valence-corrected chi connectivity index (χ0v) is 12.5. The lowest BCUT2D eigenvalue weighted by Crippen LogP contribution is -1.99. The van der Waals surface area contributed by atoms with Gasteiger partial charge in [-0.1, -0.05) is 23.7 Å². The van der Waals surface area contributed by atoms with E-state index >= 15 is 0 Å². The molecular formula is C13H9BrClN5. The van der Waals surface area contributed by atoms with E-state index in [2.05, 4.69) is 31.0 Å². The molecule has 0 fully saturated rings. The first-order chi connectivity index (χ1) is 9.63. The minimum atomic E-state index is 0.553. The molecule has 3 aromatic rings. The third kappa shape index (κ3) is 2.52. The summed E-state index contributed by atoms with van der Waals surface area (Å²) in [7, 11) is 0. The summed E-state index contributed by atoms with van der Waals surface area (Å²) in [5.41, 5.74) is 7.28. The molecule has 0 aliphatic rings. The highest BCUT2D eigenvalue weighted by Gasteiger charge is 2.09. The van der Waals surface area contributed by atoms with Gasteiger partial charge in [-0.25, -0.2) is 14.6 Å². The first-order valence-corrected chi connectivity index (χ1v) is 6.89. The maximum atomic E-state index is 5.87. The SMILES string of the molecule is Nc1cccc(-c2ncn(-c3ncc(Cl)cc3Br)n2)c1. The van der Waals surface area contributed by atoms with Crippen molar-refractivity contribution < 1.29 is 0 Å². The second-order valence-electron chi connectivity index (χ2n) is 4.10. The van der Waals surface area contributed by atoms with Crippen molar-refractivity contribution in [3.05, 3.63) is 52.4 Å². The van der Waals surface area contributed by atoms with E-state index in [4.69, 9.17) is 17.3 Å². The molecule has 0 bridgehead atoms. The van der Waals surface area contributed by atoms with Gasteiger partial charge >= 0.3 is 0 Å². The molecule has 5 nitrogen and oxygen atoms in total. The zero-order chi connectivity index (χ0) is 14.1. The summed E-state index contributed by atoms with van der Waals surface area (Å²) in [5.74, 6) is 1.21. The van der Waals surface area contributed by atoms with E-state index in [-0.39, 0.29) is 0 Å². The Morgan fingerprint density at radius 1 is 1.20 bits per heavy atom. The fourth-order valence-electron chi connectivity index (χ4n) is 1.75. The minimum absolute atomic E-state index is 0.553. The molecule has 0 aliphatic heterocycles. The summed E-state index contributed by atoms with van der Waals surface area (Å²) in [6, 6.07) is 9.16. The number of anilines is 1. The molecule has 0 radical (unpaired) electrons. The predicted molar refractivity (Wildman–Crippen MR) is 81.7 cm³/mol. The van der Waals surface area contributed by atoms with Crippen LogP contribution >= 0.6 is 27.5 Å². The van der Waals surface area contributed by atoms with Crippen LogP contribution < -0.4 is 5.73 Å². The normalized spacial score (nSPS) is 10.7. The fourth-order valence-corrected chi connectivity index (χ4v) is 2.57. The molecule has 7 heteroatoms. The molecule has 3 rings (SSSR count). The summed E-state index contributed by atoms with van der Waals surface area (Å²) < 4.78 is 2.33. The number of nitrogens with zero attached hydrogens (tertiary/aromatic N) is 4. The third-order valence-electron chi connectivity index (χ3n) is 2.64. The maximum absolute atomic E-state index is 5.87. The summed E-state index contributed by atoms with van der Waals surface area (Å²) in [4.78, 5) is 8.50. The Hall–Kier alpha value is -1.92. The number of hydrogen-bond acceptors (Lipinski definition) is 4. The Bertz CT molecular complexity index is 771. The Morgan fingerprint density at radius 3 is 2.80 bits per heavy atom. The van der Waals surface area contributed by atoms with Gasteiger partial charge in [-0.15, -0.1) is 5.10 Å². The van der Waals surface area contributed by atoms with Crippen LogP contribution in [0.25, 0.3) is 17.2 Å². The molecule has 20 heavy (non-hydrogen) atoms. The van der Waals surface area contributed by atoms with E-state index in [0.29, 0.717) is 22.4 Å². The van der Waals surface area contributed by atoms with Crippen LogP contribution in [0.15, 0.2) is 47.3 Å². The molecule has 0 saturated carbocycles. The van der Waals surface area contributed by atoms with Crippen LogP contribution in [0, 0.1) is 0 Å². The van der Waals surface area contributed by atoms with Crippen LogP contribution in [0.5, 0.6) is 0 Å². The molecule has 0 amide bonds. The van der Waals surface area contributed by atoms with Gasteiger partial charge in [0.05, 0.1) is 9.50 Å². The van der Waals surface area contributed by atoms with Crippen molar-refractivity contribution in [1.29, 1.82) is 0 Å². The summed E-state index contributed by atoms with van der Waals surface area (Å²) >= 11 is 9.28. The van der Waals surface area contributed by atoms with Crippen LogP contribution in [0.3, 0.4) is 0 Å². The van der Waals surface area contributed by atoms with Crippen molar-refractivity contribution in [3.8, 4) is 17.2 Å². The molecule has 0 aliphatic carbocycles. The third-order valence-corrected chi connectivity index (χ3v) is 3.43. The molecule has 2 aromatic heterocycles. The number of pyridine rings is 1. The molecule has 0 atom stereocenters. The van der Waals surface area contributed by atoms with Crippen molar-refractivity contribution in [1.82, 2.24) is 19.7 Å². The van der Waals surface area contributed by atoms with E-state index < -0.39 is 0 Å². The van der Waals surface area contributed by atoms with Crippen molar-refractivity contribution in [3.63, 3.8) is 0 Å². The van der Waals surface area contributed by atoms with Gasteiger partial charge in [0.2, 0.25) is 0 Å². The van der Waals surface area contributed by atoms with Crippen molar-refractivity contribution in [2.24, 2.45) is 0 Å². The number of rotatable bonds is 2. The molecular weight excluding hydrogens is 342 g/mol. The highest BCUT2D eigenvalue weighted by molar-refractivity contribution is 9.10. The number of benzene rings is 1. The van der Waals surface area contributed by atoms with E-state index in [0.717, 1.165) is 10.0 Å². The topological polar surface area (TPSA) is 69.6 Å². The first-order valence-electron chi connectivity index (χ1n) is 5.72. The number of nitrogens with two attached hydrogens (primary N) is 1. The molecule has 0 unspecified atom stereocenters. The van der Waals surface area contributed by atoms with Crippen LogP contribution in [-0.4, -0.2) is 19.7 Å². The molecule has 0 saturated heterocycles. The van der Waals surface area contributed by atoms with Gasteiger partial charge in [0.1, 0.15) is 6.33 Å². The lowest BCUT2D eigenvalue weighted by Gasteiger charge is -2.02. The molecule has 100 valence electrons. The maximum Gasteiger partial charge on any atom is 0.181 e. The summed E-state index contributed by atoms with van der Waals surface area (Å²) in [5, 5.41) is 4.95. The Labute approximate surface area is 128 Å². The number of hydrogen-bond donors (Lipinski definition) is 1. The number of halogens is 2. The van der Waals surface area contributed by atoms with Gasteiger partial charge in [-0.2, -0.15) is 0 Å². The minimum Gasteiger partial charge on any atom is -0.399 e. The Morgan fingerprint density at radius 2 is 2.05 bits per heavy atom. The fraction of sp³-hybridized carbons (Fsp3) is 0. The quantitative estimate of drug-likeness (QED) is 0.720. The van der Waals surface area contributed by atoms with Gasteiger partial charge in [0, 0.05) is 17.4 Å². The smallest absolute Gasteiger partial charge is 0.181 e. The second-order valence-corrected chi connectivity index (χ2v) is 5.39. The molecule has 0 spiro atoms. The van der Waals surface area contributed by atoms with Gasteiger partial charge in [-0.3, -0.25) is 0 Å². The van der Waals surface area contributed by atoms with E-state index in [1.807, 2.05) is 24.3 Å². The van der Waals surface area contributed by atoms with E-state index in [1.54, 1.807) is 23.3 Å². The lowest BCUT2D eigenvalue weighted by atomic mass is 10.2. The van der Waals surface area contributed by atoms with E-state index in [9.17, 15) is 0 Å². The van der Waals surface area contributed by atoms with Crippen molar-refractivity contribution in [2.75, 3.05) is 5.73 Å². The Kier molecular flexibility index (Phi) is 3.42. The zero-order valence-electron chi connectivity index (χ0n) is 10.2. The van der Waals surface area contributed by atoms with E-state index in [1.165, 1.54) is 0 Å². The Balaban J connectivity index is 2.02. The lowest BCUT2D eigenvalue weighted by molar-refractivity contribution is 0.843. The molecule has 2 N–H and O–H groups in total. The van der Waals surface area contributed by atoms with Crippen molar-refractivity contribution in [2.45, 2.75) is 0 Å². The molecule has 1 aromatic carbocycles. The van der Waals surface area contributed by atoms with Gasteiger partial charge < -0.3 is 5.73 Å².